The largest absolute Gasteiger partial charge is 0.508 e. The van der Waals surface area contributed by atoms with E-state index in [1.165, 1.54) is 24.3 Å². The van der Waals surface area contributed by atoms with E-state index >= 15 is 0 Å². The van der Waals surface area contributed by atoms with Gasteiger partial charge in [-0.15, -0.1) is 12.4 Å². The summed E-state index contributed by atoms with van der Waals surface area (Å²) in [7, 11) is 0. The Hall–Kier alpha value is -1.22. The molecule has 0 atom stereocenters. The first-order chi connectivity index (χ1) is 4.70. The van der Waals surface area contributed by atoms with Crippen LogP contribution >= 0.6 is 12.4 Å². The fraction of sp³-hybridized carbons (Fsp3) is 0. The Labute approximate surface area is 69.7 Å². The molecule has 3 nitrogen and oxygen atoms in total. The molecule has 0 fully saturated rings. The van der Waals surface area contributed by atoms with Crippen molar-refractivity contribution in [3.8, 4) is 5.75 Å². The van der Waals surface area contributed by atoms with Crippen LogP contribution in [-0.4, -0.2) is 16.2 Å². The minimum atomic E-state index is -0.986. The number of carboxylic acids is 1. The molecule has 0 heterocycles. The van der Waals surface area contributed by atoms with Crippen molar-refractivity contribution in [2.75, 3.05) is 0 Å². The van der Waals surface area contributed by atoms with Crippen molar-refractivity contribution in [1.82, 2.24) is 0 Å². The molecule has 0 aliphatic carbocycles. The van der Waals surface area contributed by atoms with Gasteiger partial charge in [0, 0.05) is 0 Å². The van der Waals surface area contributed by atoms with Gasteiger partial charge < -0.3 is 10.2 Å². The van der Waals surface area contributed by atoms with Gasteiger partial charge in [-0.05, 0) is 24.3 Å². The van der Waals surface area contributed by atoms with Crippen LogP contribution in [0.1, 0.15) is 10.4 Å². The highest BCUT2D eigenvalue weighted by molar-refractivity contribution is 5.87. The molecule has 0 unspecified atom stereocenters. The van der Waals surface area contributed by atoms with Crippen LogP contribution in [0.25, 0.3) is 0 Å². The SMILES string of the molecule is Cl.O=C(O)c1ccc(O)cc1. The molecule has 0 aromatic heterocycles. The molecule has 0 amide bonds. The third-order valence-corrected chi connectivity index (χ3v) is 1.11. The molecule has 0 saturated heterocycles. The van der Waals surface area contributed by atoms with Crippen LogP contribution in [-0.2, 0) is 0 Å². The maximum Gasteiger partial charge on any atom is 0.335 e. The van der Waals surface area contributed by atoms with Gasteiger partial charge in [0.25, 0.3) is 0 Å². The summed E-state index contributed by atoms with van der Waals surface area (Å²) < 4.78 is 0. The normalized spacial score (nSPS) is 8.36. The monoisotopic (exact) mass is 174 g/mol. The number of phenolic OH excluding ortho intramolecular Hbond substituents is 1. The van der Waals surface area contributed by atoms with Crippen molar-refractivity contribution < 1.29 is 15.0 Å². The van der Waals surface area contributed by atoms with E-state index in [4.69, 9.17) is 10.2 Å². The van der Waals surface area contributed by atoms with Crippen LogP contribution in [0.5, 0.6) is 5.75 Å². The highest BCUT2D eigenvalue weighted by Gasteiger charge is 1.99. The standard InChI is InChI=1S/C7H6O3.ClH/c8-6-3-1-5(2-4-6)7(9)10;/h1-4,8H,(H,9,10);1H. The second kappa shape index (κ2) is 3.83. The minimum absolute atomic E-state index is 0. The number of carbonyl (C=O) groups is 1. The van der Waals surface area contributed by atoms with Crippen molar-refractivity contribution in [2.24, 2.45) is 0 Å². The Morgan fingerprint density at radius 1 is 1.18 bits per heavy atom. The summed E-state index contributed by atoms with van der Waals surface area (Å²) in [6.45, 7) is 0. The molecule has 11 heavy (non-hydrogen) atoms. The topological polar surface area (TPSA) is 57.5 Å². The van der Waals surface area contributed by atoms with E-state index in [1.54, 1.807) is 0 Å². The van der Waals surface area contributed by atoms with Crippen LogP contribution in [0.3, 0.4) is 0 Å². The van der Waals surface area contributed by atoms with Gasteiger partial charge in [0.05, 0.1) is 5.56 Å². The molecule has 0 aliphatic rings. The van der Waals surface area contributed by atoms with Gasteiger partial charge in [-0.25, -0.2) is 4.79 Å². The third kappa shape index (κ3) is 2.47. The lowest BCUT2D eigenvalue weighted by Gasteiger charge is -1.92. The van der Waals surface area contributed by atoms with Crippen LogP contribution in [0.4, 0.5) is 0 Å². The van der Waals surface area contributed by atoms with E-state index in [-0.39, 0.29) is 23.7 Å². The van der Waals surface area contributed by atoms with E-state index in [0.717, 1.165) is 0 Å². The Kier molecular flexibility index (Phi) is 3.40. The number of aromatic carboxylic acids is 1. The van der Waals surface area contributed by atoms with Crippen molar-refractivity contribution in [3.63, 3.8) is 0 Å². The van der Waals surface area contributed by atoms with Gasteiger partial charge >= 0.3 is 5.97 Å². The van der Waals surface area contributed by atoms with Gasteiger partial charge in [0.15, 0.2) is 0 Å². The lowest BCUT2D eigenvalue weighted by atomic mass is 10.2. The van der Waals surface area contributed by atoms with E-state index < -0.39 is 5.97 Å². The Morgan fingerprint density at radius 3 is 2.00 bits per heavy atom. The fourth-order valence-electron chi connectivity index (χ4n) is 0.604. The second-order valence-corrected chi connectivity index (χ2v) is 1.85. The molecule has 0 saturated carbocycles. The summed E-state index contributed by atoms with van der Waals surface area (Å²) in [6, 6.07) is 5.36. The predicted molar refractivity (Wildman–Crippen MR) is 42.3 cm³/mol. The minimum Gasteiger partial charge on any atom is -0.508 e. The van der Waals surface area contributed by atoms with E-state index in [1.807, 2.05) is 0 Å². The Morgan fingerprint density at radius 2 is 1.64 bits per heavy atom. The number of benzene rings is 1. The molecule has 1 rings (SSSR count). The zero-order chi connectivity index (χ0) is 7.56. The van der Waals surface area contributed by atoms with E-state index in [2.05, 4.69) is 0 Å². The highest BCUT2D eigenvalue weighted by Crippen LogP contribution is 2.08. The summed E-state index contributed by atoms with van der Waals surface area (Å²) >= 11 is 0. The molecule has 4 heteroatoms. The fourth-order valence-corrected chi connectivity index (χ4v) is 0.604. The summed E-state index contributed by atoms with van der Waals surface area (Å²) in [5, 5.41) is 17.1. The molecule has 60 valence electrons. The Bertz CT molecular complexity index is 242. The van der Waals surface area contributed by atoms with Crippen molar-refractivity contribution >= 4 is 18.4 Å². The number of rotatable bonds is 1. The van der Waals surface area contributed by atoms with Crippen LogP contribution in [0.15, 0.2) is 24.3 Å². The van der Waals surface area contributed by atoms with Gasteiger partial charge in [-0.1, -0.05) is 0 Å². The highest BCUT2D eigenvalue weighted by atomic mass is 35.5. The molecule has 2 N–H and O–H groups in total. The maximum absolute atomic E-state index is 10.2. The molecule has 1 aromatic rings. The average Bonchev–Trinajstić information content (AvgIpc) is 1.88. The Balaban J connectivity index is 0.000001000. The maximum atomic E-state index is 10.2. The van der Waals surface area contributed by atoms with Gasteiger partial charge in [-0.2, -0.15) is 0 Å². The third-order valence-electron chi connectivity index (χ3n) is 1.11. The first-order valence-electron chi connectivity index (χ1n) is 2.72. The van der Waals surface area contributed by atoms with Crippen molar-refractivity contribution in [3.05, 3.63) is 29.8 Å². The molecular weight excluding hydrogens is 168 g/mol. The predicted octanol–water partition coefficient (Wildman–Crippen LogP) is 1.51. The van der Waals surface area contributed by atoms with E-state index in [9.17, 15) is 4.79 Å². The summed E-state index contributed by atoms with van der Waals surface area (Å²) in [6.07, 6.45) is 0. The molecule has 0 aliphatic heterocycles. The smallest absolute Gasteiger partial charge is 0.335 e. The van der Waals surface area contributed by atoms with Crippen molar-refractivity contribution in [2.45, 2.75) is 0 Å². The second-order valence-electron chi connectivity index (χ2n) is 1.85. The van der Waals surface area contributed by atoms with Gasteiger partial charge in [0.2, 0.25) is 0 Å². The molecule has 0 spiro atoms. The van der Waals surface area contributed by atoms with Gasteiger partial charge in [0.1, 0.15) is 5.75 Å². The summed E-state index contributed by atoms with van der Waals surface area (Å²) in [4.78, 5) is 10.2. The number of halogens is 1. The van der Waals surface area contributed by atoms with Crippen LogP contribution in [0, 0.1) is 0 Å². The average molecular weight is 175 g/mol. The molecule has 0 bridgehead atoms. The molecular formula is C7H7ClO3. The quantitative estimate of drug-likeness (QED) is 0.679. The molecule has 0 radical (unpaired) electrons. The van der Waals surface area contributed by atoms with Crippen LogP contribution < -0.4 is 0 Å². The zero-order valence-electron chi connectivity index (χ0n) is 5.52. The van der Waals surface area contributed by atoms with Crippen LogP contribution in [0.2, 0.25) is 0 Å². The number of carboxylic acid groups (broad SMARTS) is 1. The lowest BCUT2D eigenvalue weighted by Crippen LogP contribution is -1.93. The number of aromatic hydroxyl groups is 1. The van der Waals surface area contributed by atoms with Gasteiger partial charge in [-0.3, -0.25) is 0 Å². The number of phenols is 1. The lowest BCUT2D eigenvalue weighted by molar-refractivity contribution is 0.0697. The molecule has 1 aromatic carbocycles. The number of hydrogen-bond donors (Lipinski definition) is 2. The zero-order valence-corrected chi connectivity index (χ0v) is 6.34. The van der Waals surface area contributed by atoms with Crippen molar-refractivity contribution in [1.29, 1.82) is 0 Å². The first-order valence-corrected chi connectivity index (χ1v) is 2.72. The van der Waals surface area contributed by atoms with E-state index in [0.29, 0.717) is 0 Å². The first kappa shape index (κ1) is 9.78. The summed E-state index contributed by atoms with van der Waals surface area (Å²) in [5.74, 6) is -0.912. The number of hydrogen-bond acceptors (Lipinski definition) is 2. The summed E-state index contributed by atoms with van der Waals surface area (Å²) in [5.41, 5.74) is 0.179.